The number of amides is 1. The van der Waals surface area contributed by atoms with Gasteiger partial charge < -0.3 is 10.6 Å². The van der Waals surface area contributed by atoms with Gasteiger partial charge >= 0.3 is 0 Å². The lowest BCUT2D eigenvalue weighted by atomic mass is 10.1. The highest BCUT2D eigenvalue weighted by atomic mass is 32.1. The van der Waals surface area contributed by atoms with E-state index in [1.165, 1.54) is 17.0 Å². The second-order valence-electron chi connectivity index (χ2n) is 4.48. The van der Waals surface area contributed by atoms with Crippen LogP contribution in [0.3, 0.4) is 0 Å². The summed E-state index contributed by atoms with van der Waals surface area (Å²) in [5.41, 5.74) is 6.27. The van der Waals surface area contributed by atoms with Gasteiger partial charge in [0.1, 0.15) is 5.82 Å². The minimum atomic E-state index is -0.520. The van der Waals surface area contributed by atoms with Gasteiger partial charge in [0.25, 0.3) is 5.91 Å². The lowest BCUT2D eigenvalue weighted by molar-refractivity contribution is 0.0731. The summed E-state index contributed by atoms with van der Waals surface area (Å²) in [5.74, 6) is -0.913. The van der Waals surface area contributed by atoms with Gasteiger partial charge in [0.15, 0.2) is 0 Å². The lowest BCUT2D eigenvalue weighted by Gasteiger charge is -2.26. The van der Waals surface area contributed by atoms with Crippen molar-refractivity contribution in [2.45, 2.75) is 26.8 Å². The van der Waals surface area contributed by atoms with E-state index in [-0.39, 0.29) is 23.1 Å². The highest BCUT2D eigenvalue weighted by Crippen LogP contribution is 2.14. The first-order valence-electron chi connectivity index (χ1n) is 5.68. The van der Waals surface area contributed by atoms with Crippen molar-refractivity contribution in [2.24, 2.45) is 5.73 Å². The van der Waals surface area contributed by atoms with Crippen molar-refractivity contribution in [1.29, 1.82) is 0 Å². The molecule has 0 unspecified atom stereocenters. The molecule has 0 atom stereocenters. The molecule has 2 N–H and O–H groups in total. The third kappa shape index (κ3) is 3.50. The Labute approximate surface area is 112 Å². The van der Waals surface area contributed by atoms with Crippen LogP contribution >= 0.6 is 12.2 Å². The second-order valence-corrected chi connectivity index (χ2v) is 5.00. The van der Waals surface area contributed by atoms with Gasteiger partial charge in [-0.25, -0.2) is 4.39 Å². The van der Waals surface area contributed by atoms with Gasteiger partial charge in [0, 0.05) is 6.04 Å². The molecule has 0 spiro atoms. The quantitative estimate of drug-likeness (QED) is 0.852. The summed E-state index contributed by atoms with van der Waals surface area (Å²) < 4.78 is 13.8. The Morgan fingerprint density at radius 2 is 2.11 bits per heavy atom. The zero-order valence-corrected chi connectivity index (χ0v) is 11.6. The standard InChI is InChI=1S/C13H17FN2OS/c1-8(2)16(7-12(15)18)13(17)10-5-4-9(3)6-11(10)14/h4-6,8H,7H2,1-3H3,(H2,15,18). The highest BCUT2D eigenvalue weighted by molar-refractivity contribution is 7.80. The molecule has 98 valence electrons. The van der Waals surface area contributed by atoms with Crippen molar-refractivity contribution < 1.29 is 9.18 Å². The van der Waals surface area contributed by atoms with Crippen LogP contribution in [-0.2, 0) is 0 Å². The van der Waals surface area contributed by atoms with Crippen LogP contribution in [0, 0.1) is 12.7 Å². The smallest absolute Gasteiger partial charge is 0.257 e. The first kappa shape index (κ1) is 14.6. The molecule has 0 fully saturated rings. The van der Waals surface area contributed by atoms with Crippen LogP contribution in [-0.4, -0.2) is 28.4 Å². The Hall–Kier alpha value is -1.49. The van der Waals surface area contributed by atoms with E-state index in [1.807, 2.05) is 13.8 Å². The predicted octanol–water partition coefficient (Wildman–Crippen LogP) is 2.27. The van der Waals surface area contributed by atoms with Crippen LogP contribution in [0.2, 0.25) is 0 Å². The van der Waals surface area contributed by atoms with E-state index in [0.717, 1.165) is 5.56 Å². The lowest BCUT2D eigenvalue weighted by Crippen LogP contribution is -2.42. The van der Waals surface area contributed by atoms with E-state index in [4.69, 9.17) is 18.0 Å². The molecule has 0 saturated heterocycles. The summed E-state index contributed by atoms with van der Waals surface area (Å²) in [6.45, 7) is 5.59. The first-order chi connectivity index (χ1) is 8.32. The van der Waals surface area contributed by atoms with Gasteiger partial charge in [-0.05, 0) is 38.5 Å². The molecule has 0 heterocycles. The topological polar surface area (TPSA) is 46.3 Å². The van der Waals surface area contributed by atoms with Gasteiger partial charge in [-0.3, -0.25) is 4.79 Å². The zero-order chi connectivity index (χ0) is 13.9. The number of thiocarbonyl (C=S) groups is 1. The van der Waals surface area contributed by atoms with E-state index in [9.17, 15) is 9.18 Å². The Bertz CT molecular complexity index is 474. The van der Waals surface area contributed by atoms with Crippen molar-refractivity contribution in [2.75, 3.05) is 6.54 Å². The van der Waals surface area contributed by atoms with E-state index < -0.39 is 11.7 Å². The number of halogens is 1. The summed E-state index contributed by atoms with van der Waals surface area (Å²) in [5, 5.41) is 0. The molecule has 0 aliphatic carbocycles. The van der Waals surface area contributed by atoms with Crippen LogP contribution in [0.25, 0.3) is 0 Å². The zero-order valence-electron chi connectivity index (χ0n) is 10.7. The molecule has 0 aromatic heterocycles. The van der Waals surface area contributed by atoms with Crippen molar-refractivity contribution in [3.8, 4) is 0 Å². The fourth-order valence-electron chi connectivity index (χ4n) is 1.61. The summed E-state index contributed by atoms with van der Waals surface area (Å²) in [6, 6.07) is 4.43. The fourth-order valence-corrected chi connectivity index (χ4v) is 1.74. The van der Waals surface area contributed by atoms with Crippen LogP contribution < -0.4 is 5.73 Å². The maximum absolute atomic E-state index is 13.8. The number of hydrogen-bond donors (Lipinski definition) is 1. The van der Waals surface area contributed by atoms with Gasteiger partial charge in [-0.1, -0.05) is 18.3 Å². The van der Waals surface area contributed by atoms with E-state index in [2.05, 4.69) is 0 Å². The molecule has 1 rings (SSSR count). The molecule has 0 aliphatic rings. The monoisotopic (exact) mass is 268 g/mol. The Kier molecular flexibility index (Phi) is 4.78. The van der Waals surface area contributed by atoms with Crippen LogP contribution in [0.1, 0.15) is 29.8 Å². The Balaban J connectivity index is 3.05. The van der Waals surface area contributed by atoms with E-state index >= 15 is 0 Å². The average Bonchev–Trinajstić information content (AvgIpc) is 2.24. The molecule has 1 aromatic carbocycles. The third-order valence-corrected chi connectivity index (χ3v) is 2.69. The number of hydrogen-bond acceptors (Lipinski definition) is 2. The van der Waals surface area contributed by atoms with Gasteiger partial charge in [0.05, 0.1) is 17.1 Å². The average molecular weight is 268 g/mol. The fraction of sp³-hybridized carbons (Fsp3) is 0.385. The molecule has 1 aromatic rings. The molecule has 0 bridgehead atoms. The molecule has 0 aliphatic heterocycles. The van der Waals surface area contributed by atoms with Crippen molar-refractivity contribution in [3.63, 3.8) is 0 Å². The van der Waals surface area contributed by atoms with Gasteiger partial charge in [-0.2, -0.15) is 0 Å². The molecule has 0 radical (unpaired) electrons. The molecule has 18 heavy (non-hydrogen) atoms. The Morgan fingerprint density at radius 1 is 1.50 bits per heavy atom. The third-order valence-electron chi connectivity index (χ3n) is 2.57. The maximum Gasteiger partial charge on any atom is 0.257 e. The van der Waals surface area contributed by atoms with Crippen LogP contribution in [0.15, 0.2) is 18.2 Å². The van der Waals surface area contributed by atoms with Crippen molar-refractivity contribution in [1.82, 2.24) is 4.90 Å². The normalized spacial score (nSPS) is 10.5. The number of carbonyl (C=O) groups excluding carboxylic acids is 1. The summed E-state index contributed by atoms with van der Waals surface area (Å²) in [6.07, 6.45) is 0. The summed E-state index contributed by atoms with van der Waals surface area (Å²) >= 11 is 4.80. The van der Waals surface area contributed by atoms with Crippen molar-refractivity contribution >= 4 is 23.1 Å². The van der Waals surface area contributed by atoms with E-state index in [0.29, 0.717) is 0 Å². The largest absolute Gasteiger partial charge is 0.392 e. The minimum absolute atomic E-state index is 0.0468. The predicted molar refractivity (Wildman–Crippen MR) is 74.1 cm³/mol. The van der Waals surface area contributed by atoms with Crippen LogP contribution in [0.5, 0.6) is 0 Å². The number of nitrogens with two attached hydrogens (primary N) is 1. The highest BCUT2D eigenvalue weighted by Gasteiger charge is 2.22. The van der Waals surface area contributed by atoms with Crippen molar-refractivity contribution in [3.05, 3.63) is 35.1 Å². The van der Waals surface area contributed by atoms with Gasteiger partial charge in [0.2, 0.25) is 0 Å². The van der Waals surface area contributed by atoms with Crippen LogP contribution in [0.4, 0.5) is 4.39 Å². The number of carbonyl (C=O) groups is 1. The van der Waals surface area contributed by atoms with E-state index in [1.54, 1.807) is 13.0 Å². The van der Waals surface area contributed by atoms with Gasteiger partial charge in [-0.15, -0.1) is 0 Å². The summed E-state index contributed by atoms with van der Waals surface area (Å²) in [7, 11) is 0. The molecule has 0 saturated carbocycles. The molecule has 1 amide bonds. The number of rotatable bonds is 4. The second kappa shape index (κ2) is 5.91. The summed E-state index contributed by atoms with van der Waals surface area (Å²) in [4.78, 5) is 13.9. The number of nitrogens with zero attached hydrogens (tertiary/aromatic N) is 1. The molecule has 3 nitrogen and oxygen atoms in total. The molecular weight excluding hydrogens is 251 g/mol. The number of benzene rings is 1. The SMILES string of the molecule is Cc1ccc(C(=O)N(CC(N)=S)C(C)C)c(F)c1. The minimum Gasteiger partial charge on any atom is -0.392 e. The molecule has 5 heteroatoms. The molecular formula is C13H17FN2OS. The maximum atomic E-state index is 13.8. The Morgan fingerprint density at radius 3 is 2.56 bits per heavy atom. The first-order valence-corrected chi connectivity index (χ1v) is 6.09. The number of aryl methyl sites for hydroxylation is 1.